The minimum atomic E-state index is 0. The molecule has 10 heavy (non-hydrogen) atoms. The van der Waals surface area contributed by atoms with Crippen molar-refractivity contribution in [2.24, 2.45) is 11.7 Å². The van der Waals surface area contributed by atoms with Crippen LogP contribution >= 0.6 is 12.4 Å². The van der Waals surface area contributed by atoms with Gasteiger partial charge in [-0.3, -0.25) is 0 Å². The monoisotopic (exact) mass is 163 g/mol. The molecular formula is C7H14ClNO. The van der Waals surface area contributed by atoms with E-state index in [9.17, 15) is 0 Å². The van der Waals surface area contributed by atoms with E-state index >= 15 is 0 Å². The molecular weight excluding hydrogens is 150 g/mol. The van der Waals surface area contributed by atoms with Gasteiger partial charge in [-0.1, -0.05) is 12.2 Å². The summed E-state index contributed by atoms with van der Waals surface area (Å²) >= 11 is 0. The molecule has 2 nitrogen and oxygen atoms in total. The van der Waals surface area contributed by atoms with Crippen molar-refractivity contribution in [3.05, 3.63) is 12.2 Å². The Morgan fingerprint density at radius 2 is 2.00 bits per heavy atom. The molecule has 1 rings (SSSR count). The Morgan fingerprint density at radius 3 is 2.40 bits per heavy atom. The summed E-state index contributed by atoms with van der Waals surface area (Å²) in [5.74, 6) is 0.301. The smallest absolute Gasteiger partial charge is 0.0477 e. The molecule has 0 fully saturated rings. The van der Waals surface area contributed by atoms with Gasteiger partial charge in [0.05, 0.1) is 0 Å². The molecule has 0 radical (unpaired) electrons. The number of aliphatic hydroxyl groups excluding tert-OH is 1. The Kier molecular flexibility index (Phi) is 4.69. The molecule has 0 aliphatic heterocycles. The quantitative estimate of drug-likeness (QED) is 0.559. The molecule has 1 aliphatic carbocycles. The maximum absolute atomic E-state index is 8.75. The Balaban J connectivity index is 0.000000810. The summed E-state index contributed by atoms with van der Waals surface area (Å²) in [5, 5.41) is 8.75. The molecule has 2 atom stereocenters. The van der Waals surface area contributed by atoms with Crippen LogP contribution in [0.2, 0.25) is 0 Å². The van der Waals surface area contributed by atoms with Crippen molar-refractivity contribution in [3.8, 4) is 0 Å². The standard InChI is InChI=1S/C7H13NO.ClH/c8-7-4-2-1-3-6(7)5-9;/h1-2,6-7,9H,3-5,8H2;1H/t6-,7-;/m0./s1. The lowest BCUT2D eigenvalue weighted by Crippen LogP contribution is -2.33. The minimum Gasteiger partial charge on any atom is -0.396 e. The van der Waals surface area contributed by atoms with E-state index in [0.717, 1.165) is 12.8 Å². The van der Waals surface area contributed by atoms with E-state index in [2.05, 4.69) is 12.2 Å². The zero-order valence-electron chi connectivity index (χ0n) is 5.86. The number of allylic oxidation sites excluding steroid dienone is 1. The molecule has 0 saturated heterocycles. The SMILES string of the molecule is Cl.N[C@H]1CC=CC[C@H]1CO. The summed E-state index contributed by atoms with van der Waals surface area (Å²) in [6, 6.07) is 0.181. The number of halogens is 1. The first-order chi connectivity index (χ1) is 4.34. The van der Waals surface area contributed by atoms with Gasteiger partial charge in [0.2, 0.25) is 0 Å². The second kappa shape index (κ2) is 4.72. The van der Waals surface area contributed by atoms with Crippen LogP contribution in [-0.4, -0.2) is 17.8 Å². The van der Waals surface area contributed by atoms with Crippen LogP contribution in [0.15, 0.2) is 12.2 Å². The number of hydrogen-bond acceptors (Lipinski definition) is 2. The van der Waals surface area contributed by atoms with E-state index in [1.165, 1.54) is 0 Å². The number of rotatable bonds is 1. The molecule has 0 bridgehead atoms. The lowest BCUT2D eigenvalue weighted by atomic mass is 9.91. The van der Waals surface area contributed by atoms with Crippen LogP contribution in [0.3, 0.4) is 0 Å². The van der Waals surface area contributed by atoms with E-state index in [1.54, 1.807) is 0 Å². The zero-order chi connectivity index (χ0) is 6.69. The van der Waals surface area contributed by atoms with Crippen molar-refractivity contribution in [2.75, 3.05) is 6.61 Å². The first kappa shape index (κ1) is 9.95. The van der Waals surface area contributed by atoms with Gasteiger partial charge in [-0.05, 0) is 12.8 Å². The Morgan fingerprint density at radius 1 is 1.40 bits per heavy atom. The predicted octanol–water partition coefficient (Wildman–Crippen LogP) is 0.694. The molecule has 1 aliphatic rings. The van der Waals surface area contributed by atoms with Crippen LogP contribution in [0.5, 0.6) is 0 Å². The van der Waals surface area contributed by atoms with Crippen LogP contribution in [0.4, 0.5) is 0 Å². The highest BCUT2D eigenvalue weighted by Gasteiger charge is 2.16. The maximum atomic E-state index is 8.75. The second-order valence-corrected chi connectivity index (χ2v) is 2.55. The molecule has 3 heteroatoms. The molecule has 3 N–H and O–H groups in total. The molecule has 0 aromatic carbocycles. The van der Waals surface area contributed by atoms with Gasteiger partial charge in [0.15, 0.2) is 0 Å². The van der Waals surface area contributed by atoms with Gasteiger partial charge < -0.3 is 10.8 Å². The van der Waals surface area contributed by atoms with Gasteiger partial charge in [0.25, 0.3) is 0 Å². The van der Waals surface area contributed by atoms with Gasteiger partial charge in [-0.25, -0.2) is 0 Å². The zero-order valence-corrected chi connectivity index (χ0v) is 6.68. The molecule has 60 valence electrons. The van der Waals surface area contributed by atoms with Crippen LogP contribution in [-0.2, 0) is 0 Å². The first-order valence-electron chi connectivity index (χ1n) is 3.36. The molecule has 0 heterocycles. The number of aliphatic hydroxyl groups is 1. The summed E-state index contributed by atoms with van der Waals surface area (Å²) in [7, 11) is 0. The average molecular weight is 164 g/mol. The van der Waals surface area contributed by atoms with Crippen LogP contribution in [0.25, 0.3) is 0 Å². The normalized spacial score (nSPS) is 31.4. The van der Waals surface area contributed by atoms with E-state index in [4.69, 9.17) is 10.8 Å². The van der Waals surface area contributed by atoms with Gasteiger partial charge in [-0.15, -0.1) is 12.4 Å². The maximum Gasteiger partial charge on any atom is 0.0477 e. The summed E-state index contributed by atoms with van der Waals surface area (Å²) in [4.78, 5) is 0. The lowest BCUT2D eigenvalue weighted by Gasteiger charge is -2.22. The summed E-state index contributed by atoms with van der Waals surface area (Å²) in [6.45, 7) is 0.228. The van der Waals surface area contributed by atoms with Gasteiger partial charge in [0, 0.05) is 18.6 Å². The molecule has 0 aromatic rings. The number of nitrogens with two attached hydrogens (primary N) is 1. The average Bonchev–Trinajstić information content (AvgIpc) is 1.89. The fraction of sp³-hybridized carbons (Fsp3) is 0.714. The van der Waals surface area contributed by atoms with E-state index in [1.807, 2.05) is 0 Å². The van der Waals surface area contributed by atoms with Crippen molar-refractivity contribution in [1.29, 1.82) is 0 Å². The Hall–Kier alpha value is -0.0500. The third-order valence-electron chi connectivity index (χ3n) is 1.85. The van der Waals surface area contributed by atoms with E-state index < -0.39 is 0 Å². The van der Waals surface area contributed by atoms with E-state index in [-0.39, 0.29) is 25.1 Å². The summed E-state index contributed by atoms with van der Waals surface area (Å²) in [5.41, 5.74) is 5.68. The first-order valence-corrected chi connectivity index (χ1v) is 3.36. The largest absolute Gasteiger partial charge is 0.396 e. The second-order valence-electron chi connectivity index (χ2n) is 2.55. The molecule has 0 amide bonds. The third-order valence-corrected chi connectivity index (χ3v) is 1.85. The van der Waals surface area contributed by atoms with Crippen molar-refractivity contribution in [2.45, 2.75) is 18.9 Å². The summed E-state index contributed by atoms with van der Waals surface area (Å²) in [6.07, 6.45) is 6.03. The highest BCUT2D eigenvalue weighted by Crippen LogP contribution is 2.15. The van der Waals surface area contributed by atoms with Crippen LogP contribution < -0.4 is 5.73 Å². The number of hydrogen-bond donors (Lipinski definition) is 2. The highest BCUT2D eigenvalue weighted by atomic mass is 35.5. The van der Waals surface area contributed by atoms with Gasteiger partial charge in [0.1, 0.15) is 0 Å². The Bertz CT molecular complexity index is 116. The third kappa shape index (κ3) is 2.29. The summed E-state index contributed by atoms with van der Waals surface area (Å²) < 4.78 is 0. The minimum absolute atomic E-state index is 0. The van der Waals surface area contributed by atoms with Gasteiger partial charge >= 0.3 is 0 Å². The predicted molar refractivity (Wildman–Crippen MR) is 44.2 cm³/mol. The van der Waals surface area contributed by atoms with Crippen molar-refractivity contribution in [1.82, 2.24) is 0 Å². The van der Waals surface area contributed by atoms with Crippen molar-refractivity contribution < 1.29 is 5.11 Å². The topological polar surface area (TPSA) is 46.2 Å². The van der Waals surface area contributed by atoms with Crippen molar-refractivity contribution in [3.63, 3.8) is 0 Å². The molecule has 0 unspecified atom stereocenters. The van der Waals surface area contributed by atoms with E-state index in [0.29, 0.717) is 5.92 Å². The van der Waals surface area contributed by atoms with Crippen molar-refractivity contribution >= 4 is 12.4 Å². The molecule has 0 saturated carbocycles. The fourth-order valence-electron chi connectivity index (χ4n) is 1.10. The van der Waals surface area contributed by atoms with Gasteiger partial charge in [-0.2, -0.15) is 0 Å². The Labute approximate surface area is 67.5 Å². The van der Waals surface area contributed by atoms with Crippen LogP contribution in [0.1, 0.15) is 12.8 Å². The fourth-order valence-corrected chi connectivity index (χ4v) is 1.10. The highest BCUT2D eigenvalue weighted by molar-refractivity contribution is 5.85. The molecule has 0 aromatic heterocycles. The van der Waals surface area contributed by atoms with Crippen LogP contribution in [0, 0.1) is 5.92 Å². The lowest BCUT2D eigenvalue weighted by molar-refractivity contribution is 0.202. The molecule has 0 spiro atoms.